The summed E-state index contributed by atoms with van der Waals surface area (Å²) in [6, 6.07) is 7.79. The SMILES string of the molecule is CCOCCS(=O)c1ccc(C)cc1. The van der Waals surface area contributed by atoms with Gasteiger partial charge in [-0.15, -0.1) is 0 Å². The van der Waals surface area contributed by atoms with Crippen LogP contribution < -0.4 is 0 Å². The first-order chi connectivity index (χ1) is 6.74. The highest BCUT2D eigenvalue weighted by molar-refractivity contribution is 7.85. The van der Waals surface area contributed by atoms with Gasteiger partial charge in [-0.05, 0) is 26.0 Å². The Labute approximate surface area is 87.7 Å². The molecule has 0 saturated carbocycles. The number of hydrogen-bond donors (Lipinski definition) is 0. The Balaban J connectivity index is 2.48. The molecule has 0 heterocycles. The summed E-state index contributed by atoms with van der Waals surface area (Å²) < 4.78 is 16.8. The van der Waals surface area contributed by atoms with E-state index in [1.54, 1.807) is 0 Å². The van der Waals surface area contributed by atoms with Crippen molar-refractivity contribution in [1.29, 1.82) is 0 Å². The molecule has 0 fully saturated rings. The maximum Gasteiger partial charge on any atom is 0.0585 e. The molecule has 0 saturated heterocycles. The van der Waals surface area contributed by atoms with E-state index in [-0.39, 0.29) is 0 Å². The van der Waals surface area contributed by atoms with Crippen LogP contribution in [0.5, 0.6) is 0 Å². The van der Waals surface area contributed by atoms with E-state index in [1.807, 2.05) is 38.1 Å². The minimum atomic E-state index is -0.918. The second-order valence-electron chi connectivity index (χ2n) is 3.06. The Morgan fingerprint density at radius 1 is 1.29 bits per heavy atom. The summed E-state index contributed by atoms with van der Waals surface area (Å²) >= 11 is 0. The molecular formula is C11H16O2S. The van der Waals surface area contributed by atoms with E-state index in [4.69, 9.17) is 4.74 Å². The van der Waals surface area contributed by atoms with Gasteiger partial charge in [-0.2, -0.15) is 0 Å². The van der Waals surface area contributed by atoms with Gasteiger partial charge in [-0.25, -0.2) is 0 Å². The third-order valence-electron chi connectivity index (χ3n) is 1.90. The van der Waals surface area contributed by atoms with Crippen molar-refractivity contribution >= 4 is 10.8 Å². The standard InChI is InChI=1S/C11H16O2S/c1-3-13-8-9-14(12)11-6-4-10(2)5-7-11/h4-7H,3,8-9H2,1-2H3. The summed E-state index contributed by atoms with van der Waals surface area (Å²) in [5.74, 6) is 0.580. The molecule has 1 aromatic rings. The summed E-state index contributed by atoms with van der Waals surface area (Å²) in [5.41, 5.74) is 1.19. The number of hydrogen-bond acceptors (Lipinski definition) is 2. The molecule has 0 spiro atoms. The van der Waals surface area contributed by atoms with Crippen molar-refractivity contribution < 1.29 is 8.95 Å². The fourth-order valence-corrected chi connectivity index (χ4v) is 2.03. The second-order valence-corrected chi connectivity index (χ2v) is 4.63. The first kappa shape index (κ1) is 11.4. The van der Waals surface area contributed by atoms with E-state index in [0.717, 1.165) is 4.90 Å². The van der Waals surface area contributed by atoms with Gasteiger partial charge in [-0.3, -0.25) is 4.21 Å². The van der Waals surface area contributed by atoms with E-state index >= 15 is 0 Å². The zero-order valence-electron chi connectivity index (χ0n) is 8.66. The molecule has 1 atom stereocenters. The minimum Gasteiger partial charge on any atom is -0.381 e. The number of ether oxygens (including phenoxy) is 1. The maximum atomic E-state index is 11.7. The van der Waals surface area contributed by atoms with Crippen LogP contribution in [0, 0.1) is 6.92 Å². The first-order valence-electron chi connectivity index (χ1n) is 4.77. The van der Waals surface area contributed by atoms with Crippen LogP contribution in [-0.2, 0) is 15.5 Å². The van der Waals surface area contributed by atoms with Crippen molar-refractivity contribution in [1.82, 2.24) is 0 Å². The molecule has 0 aromatic heterocycles. The normalized spacial score (nSPS) is 12.7. The molecule has 0 amide bonds. The van der Waals surface area contributed by atoms with Gasteiger partial charge in [0.25, 0.3) is 0 Å². The van der Waals surface area contributed by atoms with E-state index in [1.165, 1.54) is 5.56 Å². The van der Waals surface area contributed by atoms with E-state index in [2.05, 4.69) is 0 Å². The van der Waals surface area contributed by atoms with Crippen LogP contribution in [0.3, 0.4) is 0 Å². The van der Waals surface area contributed by atoms with Crippen LogP contribution in [0.1, 0.15) is 12.5 Å². The quantitative estimate of drug-likeness (QED) is 0.699. The molecule has 0 bridgehead atoms. The topological polar surface area (TPSA) is 26.3 Å². The Morgan fingerprint density at radius 3 is 2.50 bits per heavy atom. The van der Waals surface area contributed by atoms with Crippen molar-refractivity contribution in [2.75, 3.05) is 19.0 Å². The van der Waals surface area contributed by atoms with Crippen LogP contribution in [0.2, 0.25) is 0 Å². The summed E-state index contributed by atoms with van der Waals surface area (Å²) in [4.78, 5) is 0.885. The summed E-state index contributed by atoms with van der Waals surface area (Å²) in [7, 11) is -0.918. The molecule has 14 heavy (non-hydrogen) atoms. The average molecular weight is 212 g/mol. The van der Waals surface area contributed by atoms with Crippen LogP contribution in [0.25, 0.3) is 0 Å². The lowest BCUT2D eigenvalue weighted by molar-refractivity contribution is 0.164. The fourth-order valence-electron chi connectivity index (χ4n) is 1.09. The molecule has 2 nitrogen and oxygen atoms in total. The largest absolute Gasteiger partial charge is 0.381 e. The zero-order valence-corrected chi connectivity index (χ0v) is 9.47. The van der Waals surface area contributed by atoms with Crippen LogP contribution in [0.4, 0.5) is 0 Å². The van der Waals surface area contributed by atoms with E-state index in [9.17, 15) is 4.21 Å². The van der Waals surface area contributed by atoms with Gasteiger partial charge < -0.3 is 4.74 Å². The third-order valence-corrected chi connectivity index (χ3v) is 3.24. The van der Waals surface area contributed by atoms with Crippen molar-refractivity contribution in [2.45, 2.75) is 18.7 Å². The van der Waals surface area contributed by atoms with Gasteiger partial charge in [0.05, 0.1) is 23.2 Å². The highest BCUT2D eigenvalue weighted by Gasteiger charge is 2.02. The second kappa shape index (κ2) is 5.94. The smallest absolute Gasteiger partial charge is 0.0585 e. The first-order valence-corrected chi connectivity index (χ1v) is 6.08. The Bertz CT molecular complexity index is 293. The maximum absolute atomic E-state index is 11.7. The molecular weight excluding hydrogens is 196 g/mol. The molecule has 78 valence electrons. The number of rotatable bonds is 5. The highest BCUT2D eigenvalue weighted by atomic mass is 32.2. The van der Waals surface area contributed by atoms with Gasteiger partial charge in [0, 0.05) is 11.5 Å². The van der Waals surface area contributed by atoms with Crippen molar-refractivity contribution in [3.63, 3.8) is 0 Å². The summed E-state index contributed by atoms with van der Waals surface area (Å²) in [5, 5.41) is 0. The lowest BCUT2D eigenvalue weighted by Crippen LogP contribution is -2.06. The van der Waals surface area contributed by atoms with Gasteiger partial charge in [0.15, 0.2) is 0 Å². The minimum absolute atomic E-state index is 0.566. The van der Waals surface area contributed by atoms with Crippen LogP contribution in [-0.4, -0.2) is 23.2 Å². The molecule has 0 aliphatic heterocycles. The van der Waals surface area contributed by atoms with E-state index in [0.29, 0.717) is 19.0 Å². The monoisotopic (exact) mass is 212 g/mol. The zero-order chi connectivity index (χ0) is 10.4. The molecule has 3 heteroatoms. The predicted molar refractivity (Wildman–Crippen MR) is 58.9 cm³/mol. The molecule has 1 aromatic carbocycles. The molecule has 1 unspecified atom stereocenters. The average Bonchev–Trinajstić information content (AvgIpc) is 2.19. The van der Waals surface area contributed by atoms with Crippen molar-refractivity contribution in [3.05, 3.63) is 29.8 Å². The van der Waals surface area contributed by atoms with Crippen LogP contribution >= 0.6 is 0 Å². The van der Waals surface area contributed by atoms with Crippen molar-refractivity contribution in [3.8, 4) is 0 Å². The molecule has 1 rings (SSSR count). The highest BCUT2D eigenvalue weighted by Crippen LogP contribution is 2.08. The van der Waals surface area contributed by atoms with E-state index < -0.39 is 10.8 Å². The fraction of sp³-hybridized carbons (Fsp3) is 0.455. The van der Waals surface area contributed by atoms with Gasteiger partial charge in [0.2, 0.25) is 0 Å². The molecule has 0 aliphatic carbocycles. The Morgan fingerprint density at radius 2 is 1.93 bits per heavy atom. The molecule has 0 N–H and O–H groups in total. The molecule has 0 radical (unpaired) electrons. The van der Waals surface area contributed by atoms with Gasteiger partial charge in [0.1, 0.15) is 0 Å². The van der Waals surface area contributed by atoms with Gasteiger partial charge in [-0.1, -0.05) is 17.7 Å². The Kier molecular flexibility index (Phi) is 4.84. The lowest BCUT2D eigenvalue weighted by atomic mass is 10.2. The van der Waals surface area contributed by atoms with Crippen molar-refractivity contribution in [2.24, 2.45) is 0 Å². The van der Waals surface area contributed by atoms with Crippen LogP contribution in [0.15, 0.2) is 29.2 Å². The lowest BCUT2D eigenvalue weighted by Gasteiger charge is -2.02. The number of benzene rings is 1. The predicted octanol–water partition coefficient (Wildman–Crippen LogP) is 2.14. The van der Waals surface area contributed by atoms with Gasteiger partial charge >= 0.3 is 0 Å². The third kappa shape index (κ3) is 3.60. The summed E-state index contributed by atoms with van der Waals surface area (Å²) in [6.45, 7) is 5.21. The number of aryl methyl sites for hydroxylation is 1. The Hall–Kier alpha value is -0.670. The molecule has 0 aliphatic rings. The summed E-state index contributed by atoms with van der Waals surface area (Å²) in [6.07, 6.45) is 0.